The maximum Gasteiger partial charge on any atom is 0.0323 e. The van der Waals surface area contributed by atoms with Gasteiger partial charge in [0.15, 0.2) is 0 Å². The number of rotatable bonds is 3. The van der Waals surface area contributed by atoms with Crippen molar-refractivity contribution >= 4 is 0 Å². The minimum Gasteiger partial charge on any atom is -0.324 e. The van der Waals surface area contributed by atoms with Crippen molar-refractivity contribution < 1.29 is 0 Å². The van der Waals surface area contributed by atoms with Crippen molar-refractivity contribution in [1.82, 2.24) is 0 Å². The summed E-state index contributed by atoms with van der Waals surface area (Å²) >= 11 is 0. The zero-order valence-electron chi connectivity index (χ0n) is 11.3. The molecule has 0 bridgehead atoms. The molecule has 0 radical (unpaired) electrons. The third kappa shape index (κ3) is 2.47. The van der Waals surface area contributed by atoms with E-state index in [9.17, 15) is 0 Å². The normalized spacial score (nSPS) is 23.6. The molecule has 2 aliphatic carbocycles. The van der Waals surface area contributed by atoms with Gasteiger partial charge in [0.25, 0.3) is 0 Å². The quantitative estimate of drug-likeness (QED) is 0.829. The van der Waals surface area contributed by atoms with E-state index in [1.807, 2.05) is 0 Å². The van der Waals surface area contributed by atoms with Gasteiger partial charge in [0.05, 0.1) is 0 Å². The summed E-state index contributed by atoms with van der Waals surface area (Å²) in [6, 6.07) is 9.48. The molecule has 2 N–H and O–H groups in total. The van der Waals surface area contributed by atoms with Crippen LogP contribution in [-0.4, -0.2) is 0 Å². The lowest BCUT2D eigenvalue weighted by molar-refractivity contribution is 0.308. The second kappa shape index (κ2) is 5.44. The molecule has 1 aromatic carbocycles. The first-order valence-electron chi connectivity index (χ1n) is 7.70. The molecule has 3 rings (SSSR count). The Morgan fingerprint density at radius 1 is 0.833 bits per heavy atom. The molecule has 1 nitrogen and oxygen atoms in total. The third-order valence-electron chi connectivity index (χ3n) is 5.06. The van der Waals surface area contributed by atoms with Gasteiger partial charge in [-0.25, -0.2) is 0 Å². The maximum atomic E-state index is 6.44. The third-order valence-corrected chi connectivity index (χ3v) is 5.06. The molecule has 98 valence electrons. The lowest BCUT2D eigenvalue weighted by atomic mass is 9.78. The van der Waals surface area contributed by atoms with Crippen LogP contribution in [0.3, 0.4) is 0 Å². The Hall–Kier alpha value is -0.820. The van der Waals surface area contributed by atoms with Gasteiger partial charge in [-0.1, -0.05) is 49.9 Å². The molecular weight excluding hydrogens is 218 g/mol. The zero-order valence-corrected chi connectivity index (χ0v) is 11.3. The molecule has 2 aliphatic rings. The standard InChI is InChI=1S/C17H25N/c18-17(15-5-2-1-3-6-15)16-11-9-14(10-12-16)13-7-4-8-13/h9-13,15,17H,1-8,18H2. The first-order valence-corrected chi connectivity index (χ1v) is 7.70. The van der Waals surface area contributed by atoms with E-state index < -0.39 is 0 Å². The van der Waals surface area contributed by atoms with Crippen LogP contribution >= 0.6 is 0 Å². The molecule has 18 heavy (non-hydrogen) atoms. The topological polar surface area (TPSA) is 26.0 Å². The van der Waals surface area contributed by atoms with Gasteiger partial charge < -0.3 is 5.73 Å². The SMILES string of the molecule is NC(c1ccc(C2CCC2)cc1)C1CCCCC1. The first kappa shape index (κ1) is 12.2. The summed E-state index contributed by atoms with van der Waals surface area (Å²) in [7, 11) is 0. The fourth-order valence-corrected chi connectivity index (χ4v) is 3.50. The van der Waals surface area contributed by atoms with Crippen LogP contribution in [-0.2, 0) is 0 Å². The molecule has 0 heterocycles. The summed E-state index contributed by atoms with van der Waals surface area (Å²) in [6.07, 6.45) is 11.0. The Labute approximate surface area is 111 Å². The molecule has 1 aromatic rings. The van der Waals surface area contributed by atoms with E-state index in [1.54, 1.807) is 0 Å². The van der Waals surface area contributed by atoms with Crippen molar-refractivity contribution in [2.45, 2.75) is 63.3 Å². The van der Waals surface area contributed by atoms with Crippen molar-refractivity contribution in [2.24, 2.45) is 11.7 Å². The van der Waals surface area contributed by atoms with Gasteiger partial charge in [-0.2, -0.15) is 0 Å². The van der Waals surface area contributed by atoms with Crippen LogP contribution in [0, 0.1) is 5.92 Å². The smallest absolute Gasteiger partial charge is 0.0323 e. The summed E-state index contributed by atoms with van der Waals surface area (Å²) in [4.78, 5) is 0. The second-order valence-corrected chi connectivity index (χ2v) is 6.22. The van der Waals surface area contributed by atoms with Crippen LogP contribution in [0.25, 0.3) is 0 Å². The van der Waals surface area contributed by atoms with E-state index >= 15 is 0 Å². The van der Waals surface area contributed by atoms with Crippen LogP contribution in [0.2, 0.25) is 0 Å². The monoisotopic (exact) mass is 243 g/mol. The van der Waals surface area contributed by atoms with E-state index in [2.05, 4.69) is 24.3 Å². The molecule has 1 atom stereocenters. The Kier molecular flexibility index (Phi) is 3.69. The molecule has 0 amide bonds. The summed E-state index contributed by atoms with van der Waals surface area (Å²) in [6.45, 7) is 0. The highest BCUT2D eigenvalue weighted by Crippen LogP contribution is 2.37. The van der Waals surface area contributed by atoms with Gasteiger partial charge in [0, 0.05) is 6.04 Å². The van der Waals surface area contributed by atoms with Gasteiger partial charge in [0.1, 0.15) is 0 Å². The van der Waals surface area contributed by atoms with Gasteiger partial charge in [-0.3, -0.25) is 0 Å². The van der Waals surface area contributed by atoms with Crippen LogP contribution in [0.1, 0.15) is 74.5 Å². The number of nitrogens with two attached hydrogens (primary N) is 1. The Morgan fingerprint density at radius 3 is 2.06 bits per heavy atom. The first-order chi connectivity index (χ1) is 8.84. The van der Waals surface area contributed by atoms with Crippen molar-refractivity contribution in [3.8, 4) is 0 Å². The minimum atomic E-state index is 0.265. The Balaban J connectivity index is 1.67. The van der Waals surface area contributed by atoms with Gasteiger partial charge in [-0.05, 0) is 48.6 Å². The van der Waals surface area contributed by atoms with Crippen molar-refractivity contribution in [2.75, 3.05) is 0 Å². The highest BCUT2D eigenvalue weighted by Gasteiger charge is 2.23. The van der Waals surface area contributed by atoms with E-state index in [0.717, 1.165) is 5.92 Å². The number of hydrogen-bond donors (Lipinski definition) is 1. The predicted octanol–water partition coefficient (Wildman–Crippen LogP) is 4.53. The van der Waals surface area contributed by atoms with E-state index in [0.29, 0.717) is 5.92 Å². The van der Waals surface area contributed by atoms with Gasteiger partial charge in [-0.15, -0.1) is 0 Å². The van der Waals surface area contributed by atoms with E-state index in [4.69, 9.17) is 5.73 Å². The molecule has 2 saturated carbocycles. The molecule has 1 unspecified atom stereocenters. The minimum absolute atomic E-state index is 0.265. The van der Waals surface area contributed by atoms with Crippen LogP contribution < -0.4 is 5.73 Å². The molecule has 1 heteroatoms. The summed E-state index contributed by atoms with van der Waals surface area (Å²) in [5, 5.41) is 0. The fourth-order valence-electron chi connectivity index (χ4n) is 3.50. The van der Waals surface area contributed by atoms with E-state index in [1.165, 1.54) is 62.5 Å². The predicted molar refractivity (Wildman–Crippen MR) is 76.5 cm³/mol. The second-order valence-electron chi connectivity index (χ2n) is 6.22. The molecular formula is C17H25N. The lowest BCUT2D eigenvalue weighted by Gasteiger charge is -2.29. The van der Waals surface area contributed by atoms with Crippen molar-refractivity contribution in [3.63, 3.8) is 0 Å². The largest absolute Gasteiger partial charge is 0.324 e. The molecule has 0 aromatic heterocycles. The molecule has 2 fully saturated rings. The van der Waals surface area contributed by atoms with Crippen molar-refractivity contribution in [3.05, 3.63) is 35.4 Å². The van der Waals surface area contributed by atoms with Crippen LogP contribution in [0.15, 0.2) is 24.3 Å². The molecule has 0 saturated heterocycles. The highest BCUT2D eigenvalue weighted by molar-refractivity contribution is 5.28. The zero-order chi connectivity index (χ0) is 12.4. The highest BCUT2D eigenvalue weighted by atomic mass is 14.7. The number of benzene rings is 1. The summed E-state index contributed by atoms with van der Waals surface area (Å²) < 4.78 is 0. The Bertz CT molecular complexity index is 371. The molecule has 0 aliphatic heterocycles. The summed E-state index contributed by atoms with van der Waals surface area (Å²) in [5.41, 5.74) is 9.32. The average molecular weight is 243 g/mol. The van der Waals surface area contributed by atoms with Crippen LogP contribution in [0.5, 0.6) is 0 Å². The fraction of sp³-hybridized carbons (Fsp3) is 0.647. The lowest BCUT2D eigenvalue weighted by Crippen LogP contribution is -2.23. The maximum absolute atomic E-state index is 6.44. The Morgan fingerprint density at radius 2 is 1.50 bits per heavy atom. The van der Waals surface area contributed by atoms with Gasteiger partial charge in [0.2, 0.25) is 0 Å². The van der Waals surface area contributed by atoms with E-state index in [-0.39, 0.29) is 6.04 Å². The van der Waals surface area contributed by atoms with Crippen molar-refractivity contribution in [1.29, 1.82) is 0 Å². The molecule has 0 spiro atoms. The average Bonchev–Trinajstić information content (AvgIpc) is 2.38. The summed E-state index contributed by atoms with van der Waals surface area (Å²) in [5.74, 6) is 1.55. The van der Waals surface area contributed by atoms with Gasteiger partial charge >= 0.3 is 0 Å². The van der Waals surface area contributed by atoms with Crippen LogP contribution in [0.4, 0.5) is 0 Å². The number of hydrogen-bond acceptors (Lipinski definition) is 1.